The molecule has 0 bridgehead atoms. The Hall–Kier alpha value is -1.10. The van der Waals surface area contributed by atoms with E-state index in [1.807, 2.05) is 39.5 Å². The Balaban J connectivity index is 4.19. The van der Waals surface area contributed by atoms with Crippen molar-refractivity contribution in [3.05, 3.63) is 0 Å². The first-order valence-electron chi connectivity index (χ1n) is 6.38. The lowest BCUT2D eigenvalue weighted by Crippen LogP contribution is -2.47. The highest BCUT2D eigenvalue weighted by atomic mass is 16.4. The van der Waals surface area contributed by atoms with E-state index < -0.39 is 5.97 Å². The van der Waals surface area contributed by atoms with Crippen LogP contribution in [-0.4, -0.2) is 46.6 Å². The topological polar surface area (TPSA) is 69.6 Å². The molecule has 18 heavy (non-hydrogen) atoms. The summed E-state index contributed by atoms with van der Waals surface area (Å²) in [5.41, 5.74) is -0.235. The minimum absolute atomic E-state index is 0.0217. The molecular weight excluding hydrogens is 232 g/mol. The molecule has 0 saturated carbocycles. The molecule has 0 aromatic carbocycles. The highest BCUT2D eigenvalue weighted by molar-refractivity contribution is 5.78. The van der Waals surface area contributed by atoms with Crippen LogP contribution in [0, 0.1) is 0 Å². The third-order valence-corrected chi connectivity index (χ3v) is 2.43. The third kappa shape index (κ3) is 8.98. The maximum absolute atomic E-state index is 11.8. The summed E-state index contributed by atoms with van der Waals surface area (Å²) in [6.07, 6.45) is 0.709. The third-order valence-electron chi connectivity index (χ3n) is 2.43. The Kier molecular flexibility index (Phi) is 6.91. The van der Waals surface area contributed by atoms with Crippen molar-refractivity contribution in [2.24, 2.45) is 0 Å². The quantitative estimate of drug-likeness (QED) is 0.725. The first kappa shape index (κ1) is 16.9. The predicted octanol–water partition coefficient (Wildman–Crippen LogP) is 1.48. The zero-order valence-electron chi connectivity index (χ0n) is 12.1. The van der Waals surface area contributed by atoms with Gasteiger partial charge in [-0.15, -0.1) is 0 Å². The van der Waals surface area contributed by atoms with E-state index in [9.17, 15) is 9.59 Å². The minimum Gasteiger partial charge on any atom is -0.481 e. The van der Waals surface area contributed by atoms with E-state index >= 15 is 0 Å². The lowest BCUT2D eigenvalue weighted by atomic mass is 10.1. The van der Waals surface area contributed by atoms with E-state index in [-0.39, 0.29) is 23.9 Å². The molecular formula is C13H26N2O3. The summed E-state index contributed by atoms with van der Waals surface area (Å²) in [4.78, 5) is 24.3. The van der Waals surface area contributed by atoms with Gasteiger partial charge in [0.2, 0.25) is 5.91 Å². The van der Waals surface area contributed by atoms with Crippen molar-refractivity contribution in [1.29, 1.82) is 0 Å². The van der Waals surface area contributed by atoms with E-state index in [2.05, 4.69) is 5.32 Å². The fourth-order valence-electron chi connectivity index (χ4n) is 1.60. The fraction of sp³-hybridized carbons (Fsp3) is 0.846. The maximum atomic E-state index is 11.8. The standard InChI is InChI=1S/C13H26N2O3/c1-10(2)15(8-6-7-12(17)18)9-11(16)14-13(3,4)5/h10H,6-9H2,1-5H3,(H,14,16)(H,17,18). The Morgan fingerprint density at radius 1 is 1.28 bits per heavy atom. The molecule has 0 aliphatic carbocycles. The SMILES string of the molecule is CC(C)N(CCCC(=O)O)CC(=O)NC(C)(C)C. The van der Waals surface area contributed by atoms with Crippen molar-refractivity contribution in [3.63, 3.8) is 0 Å². The highest BCUT2D eigenvalue weighted by Crippen LogP contribution is 2.03. The zero-order valence-corrected chi connectivity index (χ0v) is 12.1. The van der Waals surface area contributed by atoms with Crippen molar-refractivity contribution in [2.45, 2.75) is 59.0 Å². The Morgan fingerprint density at radius 3 is 2.22 bits per heavy atom. The molecule has 0 spiro atoms. The number of amides is 1. The zero-order chi connectivity index (χ0) is 14.3. The van der Waals surface area contributed by atoms with Crippen LogP contribution in [-0.2, 0) is 9.59 Å². The molecule has 5 nitrogen and oxygen atoms in total. The van der Waals surface area contributed by atoms with Gasteiger partial charge in [-0.3, -0.25) is 14.5 Å². The Labute approximate surface area is 110 Å². The molecule has 0 aromatic heterocycles. The van der Waals surface area contributed by atoms with Crippen LogP contribution in [0.2, 0.25) is 0 Å². The van der Waals surface area contributed by atoms with Crippen molar-refractivity contribution in [3.8, 4) is 0 Å². The largest absolute Gasteiger partial charge is 0.481 e. The highest BCUT2D eigenvalue weighted by Gasteiger charge is 2.18. The van der Waals surface area contributed by atoms with Crippen LogP contribution in [0.15, 0.2) is 0 Å². The number of carboxylic acid groups (broad SMARTS) is 1. The summed E-state index contributed by atoms with van der Waals surface area (Å²) in [6.45, 7) is 10.8. The van der Waals surface area contributed by atoms with E-state index in [1.165, 1.54) is 0 Å². The molecule has 2 N–H and O–H groups in total. The lowest BCUT2D eigenvalue weighted by molar-refractivity contribution is -0.137. The molecule has 5 heteroatoms. The fourth-order valence-corrected chi connectivity index (χ4v) is 1.60. The van der Waals surface area contributed by atoms with Gasteiger partial charge in [0.25, 0.3) is 0 Å². The molecule has 0 heterocycles. The molecule has 0 unspecified atom stereocenters. The summed E-state index contributed by atoms with van der Waals surface area (Å²) >= 11 is 0. The Morgan fingerprint density at radius 2 is 1.83 bits per heavy atom. The predicted molar refractivity (Wildman–Crippen MR) is 71.5 cm³/mol. The number of carboxylic acids is 1. The van der Waals surface area contributed by atoms with Crippen molar-refractivity contribution < 1.29 is 14.7 Å². The average molecular weight is 258 g/mol. The summed E-state index contributed by atoms with van der Waals surface area (Å²) in [5, 5.41) is 11.5. The normalized spacial score (nSPS) is 11.9. The molecule has 0 rings (SSSR count). The van der Waals surface area contributed by atoms with Crippen LogP contribution in [0.3, 0.4) is 0 Å². The number of hydrogen-bond donors (Lipinski definition) is 2. The van der Waals surface area contributed by atoms with Gasteiger partial charge < -0.3 is 10.4 Å². The average Bonchev–Trinajstić information content (AvgIpc) is 2.12. The number of aliphatic carboxylic acids is 1. The Bertz CT molecular complexity index is 282. The van der Waals surface area contributed by atoms with E-state index in [0.29, 0.717) is 19.5 Å². The van der Waals surface area contributed by atoms with Crippen LogP contribution >= 0.6 is 0 Å². The number of nitrogens with zero attached hydrogens (tertiary/aromatic N) is 1. The molecule has 0 saturated heterocycles. The summed E-state index contributed by atoms with van der Waals surface area (Å²) < 4.78 is 0. The van der Waals surface area contributed by atoms with Crippen LogP contribution in [0.1, 0.15) is 47.5 Å². The molecule has 0 fully saturated rings. The summed E-state index contributed by atoms with van der Waals surface area (Å²) in [5.74, 6) is -0.815. The van der Waals surface area contributed by atoms with Gasteiger partial charge in [0.1, 0.15) is 0 Å². The van der Waals surface area contributed by atoms with Gasteiger partial charge in [-0.2, -0.15) is 0 Å². The van der Waals surface area contributed by atoms with Crippen LogP contribution in [0.5, 0.6) is 0 Å². The van der Waals surface area contributed by atoms with Crippen molar-refractivity contribution >= 4 is 11.9 Å². The van der Waals surface area contributed by atoms with Crippen LogP contribution in [0.4, 0.5) is 0 Å². The van der Waals surface area contributed by atoms with Gasteiger partial charge in [-0.25, -0.2) is 0 Å². The van der Waals surface area contributed by atoms with Crippen molar-refractivity contribution in [2.75, 3.05) is 13.1 Å². The minimum atomic E-state index is -0.794. The molecule has 1 amide bonds. The van der Waals surface area contributed by atoms with Gasteiger partial charge in [-0.1, -0.05) is 0 Å². The molecule has 0 atom stereocenters. The number of carbonyl (C=O) groups excluding carboxylic acids is 1. The van der Waals surface area contributed by atoms with Crippen molar-refractivity contribution in [1.82, 2.24) is 10.2 Å². The second kappa shape index (κ2) is 7.36. The number of hydrogen-bond acceptors (Lipinski definition) is 3. The molecule has 106 valence electrons. The first-order valence-corrected chi connectivity index (χ1v) is 6.38. The maximum Gasteiger partial charge on any atom is 0.303 e. The van der Waals surface area contributed by atoms with Gasteiger partial charge in [0.05, 0.1) is 6.54 Å². The second-order valence-electron chi connectivity index (χ2n) is 5.86. The monoisotopic (exact) mass is 258 g/mol. The molecule has 0 radical (unpaired) electrons. The molecule has 0 aliphatic heterocycles. The number of carbonyl (C=O) groups is 2. The van der Waals surface area contributed by atoms with Gasteiger partial charge in [0.15, 0.2) is 0 Å². The molecule has 0 aromatic rings. The van der Waals surface area contributed by atoms with Gasteiger partial charge in [-0.05, 0) is 47.6 Å². The summed E-state index contributed by atoms with van der Waals surface area (Å²) in [6, 6.07) is 0.226. The van der Waals surface area contributed by atoms with E-state index in [1.54, 1.807) is 0 Å². The van der Waals surface area contributed by atoms with Crippen LogP contribution in [0.25, 0.3) is 0 Å². The molecule has 0 aliphatic rings. The van der Waals surface area contributed by atoms with E-state index in [0.717, 1.165) is 0 Å². The first-order chi connectivity index (χ1) is 8.11. The number of rotatable bonds is 7. The smallest absolute Gasteiger partial charge is 0.303 e. The number of nitrogens with one attached hydrogen (secondary N) is 1. The van der Waals surface area contributed by atoms with Gasteiger partial charge >= 0.3 is 5.97 Å². The van der Waals surface area contributed by atoms with E-state index in [4.69, 9.17) is 5.11 Å². The lowest BCUT2D eigenvalue weighted by Gasteiger charge is -2.28. The second-order valence-corrected chi connectivity index (χ2v) is 5.86. The van der Waals surface area contributed by atoms with Crippen LogP contribution < -0.4 is 5.32 Å². The van der Waals surface area contributed by atoms with Gasteiger partial charge in [0, 0.05) is 18.0 Å². The summed E-state index contributed by atoms with van der Waals surface area (Å²) in [7, 11) is 0.